The number of carbonyl (C=O) groups excluding carboxylic acids is 2. The van der Waals surface area contributed by atoms with Gasteiger partial charge in [0.25, 0.3) is 0 Å². The van der Waals surface area contributed by atoms with Crippen LogP contribution in [-0.4, -0.2) is 17.9 Å². The summed E-state index contributed by atoms with van der Waals surface area (Å²) < 4.78 is 0. The molecule has 1 aromatic rings. The molecule has 2 N–H and O–H groups in total. The maximum atomic E-state index is 11.3. The number of hydrogen-bond acceptors (Lipinski definition) is 2. The molecule has 0 unspecified atom stereocenters. The van der Waals surface area contributed by atoms with E-state index < -0.39 is 11.8 Å². The molecule has 4 nitrogen and oxygen atoms in total. The normalized spacial score (nSPS) is 9.80. The third kappa shape index (κ3) is 3.81. The summed E-state index contributed by atoms with van der Waals surface area (Å²) in [6, 6.07) is 8.82. The zero-order chi connectivity index (χ0) is 11.3. The molecule has 0 spiro atoms. The molecule has 0 saturated heterocycles. The average Bonchev–Trinajstić information content (AvgIpc) is 2.18. The van der Waals surface area contributed by atoms with Crippen LogP contribution in [0.3, 0.4) is 0 Å². The Balaban J connectivity index is 2.53. The second kappa shape index (κ2) is 5.14. The third-order valence-electron chi connectivity index (χ3n) is 1.66. The van der Waals surface area contributed by atoms with Gasteiger partial charge >= 0.3 is 11.8 Å². The van der Waals surface area contributed by atoms with Gasteiger partial charge in [-0.2, -0.15) is 0 Å². The van der Waals surface area contributed by atoms with Crippen LogP contribution in [0.25, 0.3) is 0 Å². The highest BCUT2D eigenvalue weighted by atomic mass is 16.2. The number of hydrogen-bond donors (Lipinski definition) is 2. The maximum absolute atomic E-state index is 11.3. The highest BCUT2D eigenvalue weighted by molar-refractivity contribution is 6.39. The van der Waals surface area contributed by atoms with Crippen molar-refractivity contribution < 1.29 is 9.59 Å². The van der Waals surface area contributed by atoms with Crippen LogP contribution in [-0.2, 0) is 9.59 Å². The number of carbonyl (C=O) groups is 2. The molecule has 0 aromatic heterocycles. The van der Waals surface area contributed by atoms with Gasteiger partial charge in [0.2, 0.25) is 0 Å². The summed E-state index contributed by atoms with van der Waals surface area (Å²) in [5.74, 6) is -1.26. The van der Waals surface area contributed by atoms with Crippen LogP contribution in [0.5, 0.6) is 0 Å². The molecule has 0 heterocycles. The van der Waals surface area contributed by atoms with Crippen molar-refractivity contribution in [2.75, 3.05) is 5.32 Å². The van der Waals surface area contributed by atoms with E-state index in [1.165, 1.54) is 0 Å². The molecule has 0 atom stereocenters. The van der Waals surface area contributed by atoms with Gasteiger partial charge in [-0.05, 0) is 26.0 Å². The Morgan fingerprint density at radius 2 is 1.67 bits per heavy atom. The first-order chi connectivity index (χ1) is 7.09. The summed E-state index contributed by atoms with van der Waals surface area (Å²) in [7, 11) is 0. The summed E-state index contributed by atoms with van der Waals surface area (Å²) in [6.45, 7) is 3.60. The van der Waals surface area contributed by atoms with Gasteiger partial charge in [-0.25, -0.2) is 0 Å². The Hall–Kier alpha value is -1.84. The van der Waals surface area contributed by atoms with Crippen molar-refractivity contribution in [3.05, 3.63) is 30.3 Å². The monoisotopic (exact) mass is 206 g/mol. The fourth-order valence-corrected chi connectivity index (χ4v) is 1.04. The predicted octanol–water partition coefficient (Wildman–Crippen LogP) is 1.15. The van der Waals surface area contributed by atoms with Crippen molar-refractivity contribution in [3.8, 4) is 0 Å². The summed E-state index contributed by atoms with van der Waals surface area (Å²) in [5.41, 5.74) is 0.612. The molecule has 80 valence electrons. The van der Waals surface area contributed by atoms with Crippen LogP contribution in [0.1, 0.15) is 13.8 Å². The molecule has 1 rings (SSSR count). The van der Waals surface area contributed by atoms with E-state index in [1.54, 1.807) is 38.1 Å². The van der Waals surface area contributed by atoms with Gasteiger partial charge in [-0.15, -0.1) is 0 Å². The summed E-state index contributed by atoms with van der Waals surface area (Å²) >= 11 is 0. The third-order valence-corrected chi connectivity index (χ3v) is 1.66. The Morgan fingerprint density at radius 3 is 2.20 bits per heavy atom. The highest BCUT2D eigenvalue weighted by Gasteiger charge is 2.13. The minimum absolute atomic E-state index is 0.0426. The minimum atomic E-state index is -0.644. The van der Waals surface area contributed by atoms with E-state index in [1.807, 2.05) is 6.07 Å². The van der Waals surface area contributed by atoms with Crippen LogP contribution < -0.4 is 10.6 Å². The Morgan fingerprint density at radius 1 is 1.07 bits per heavy atom. The molecule has 4 heteroatoms. The van der Waals surface area contributed by atoms with Crippen LogP contribution >= 0.6 is 0 Å². The van der Waals surface area contributed by atoms with E-state index in [0.717, 1.165) is 0 Å². The lowest BCUT2D eigenvalue weighted by Crippen LogP contribution is -2.39. The smallest absolute Gasteiger partial charge is 0.313 e. The van der Waals surface area contributed by atoms with Crippen molar-refractivity contribution in [2.45, 2.75) is 19.9 Å². The first-order valence-electron chi connectivity index (χ1n) is 4.76. The topological polar surface area (TPSA) is 58.2 Å². The number of nitrogens with one attached hydrogen (secondary N) is 2. The molecule has 0 saturated carbocycles. The van der Waals surface area contributed by atoms with E-state index >= 15 is 0 Å². The molecule has 2 amide bonds. The highest BCUT2D eigenvalue weighted by Crippen LogP contribution is 2.04. The quantitative estimate of drug-likeness (QED) is 0.713. The SMILES string of the molecule is CC(C)NC(=O)C(=O)Nc1ccccc1. The second-order valence-corrected chi connectivity index (χ2v) is 3.45. The van der Waals surface area contributed by atoms with Crippen LogP contribution in [0.4, 0.5) is 5.69 Å². The molecule has 0 aliphatic heterocycles. The van der Waals surface area contributed by atoms with Crippen molar-refractivity contribution in [1.29, 1.82) is 0 Å². The Kier molecular flexibility index (Phi) is 3.85. The molecule has 0 aliphatic carbocycles. The largest absolute Gasteiger partial charge is 0.346 e. The Labute approximate surface area is 88.7 Å². The van der Waals surface area contributed by atoms with Crippen molar-refractivity contribution in [1.82, 2.24) is 5.32 Å². The lowest BCUT2D eigenvalue weighted by atomic mass is 10.3. The van der Waals surface area contributed by atoms with Crippen LogP contribution in [0.2, 0.25) is 0 Å². The van der Waals surface area contributed by atoms with Gasteiger partial charge in [0.15, 0.2) is 0 Å². The summed E-state index contributed by atoms with van der Waals surface area (Å²) in [4.78, 5) is 22.6. The first kappa shape index (κ1) is 11.2. The average molecular weight is 206 g/mol. The maximum Gasteiger partial charge on any atom is 0.313 e. The minimum Gasteiger partial charge on any atom is -0.346 e. The van der Waals surface area contributed by atoms with Crippen molar-refractivity contribution in [2.24, 2.45) is 0 Å². The summed E-state index contributed by atoms with van der Waals surface area (Å²) in [5, 5.41) is 5.01. The number of benzene rings is 1. The van der Waals surface area contributed by atoms with Crippen molar-refractivity contribution >= 4 is 17.5 Å². The lowest BCUT2D eigenvalue weighted by molar-refractivity contribution is -0.136. The van der Waals surface area contributed by atoms with Gasteiger partial charge in [-0.3, -0.25) is 9.59 Å². The number of para-hydroxylation sites is 1. The number of amides is 2. The van der Waals surface area contributed by atoms with E-state index in [0.29, 0.717) is 5.69 Å². The zero-order valence-electron chi connectivity index (χ0n) is 8.78. The van der Waals surface area contributed by atoms with Crippen LogP contribution in [0, 0.1) is 0 Å². The fourth-order valence-electron chi connectivity index (χ4n) is 1.04. The van der Waals surface area contributed by atoms with E-state index in [2.05, 4.69) is 10.6 Å². The van der Waals surface area contributed by atoms with E-state index in [4.69, 9.17) is 0 Å². The van der Waals surface area contributed by atoms with Crippen molar-refractivity contribution in [3.63, 3.8) is 0 Å². The predicted molar refractivity (Wildman–Crippen MR) is 58.4 cm³/mol. The Bertz CT molecular complexity index is 347. The molecule has 0 aliphatic rings. The fraction of sp³-hybridized carbons (Fsp3) is 0.273. The lowest BCUT2D eigenvalue weighted by Gasteiger charge is -2.08. The zero-order valence-corrected chi connectivity index (χ0v) is 8.78. The standard InChI is InChI=1S/C11H14N2O2/c1-8(2)12-10(14)11(15)13-9-6-4-3-5-7-9/h3-8H,1-2H3,(H,12,14)(H,13,15). The van der Waals surface area contributed by atoms with E-state index in [-0.39, 0.29) is 6.04 Å². The molecule has 0 fully saturated rings. The van der Waals surface area contributed by atoms with Gasteiger partial charge in [0, 0.05) is 11.7 Å². The molecule has 1 aromatic carbocycles. The van der Waals surface area contributed by atoms with Gasteiger partial charge < -0.3 is 10.6 Å². The first-order valence-corrected chi connectivity index (χ1v) is 4.76. The van der Waals surface area contributed by atoms with Gasteiger partial charge in [-0.1, -0.05) is 18.2 Å². The van der Waals surface area contributed by atoms with Gasteiger partial charge in [0.05, 0.1) is 0 Å². The summed E-state index contributed by atoms with van der Waals surface area (Å²) in [6.07, 6.45) is 0. The molecule has 0 radical (unpaired) electrons. The molecular formula is C11H14N2O2. The second-order valence-electron chi connectivity index (χ2n) is 3.45. The molecule has 0 bridgehead atoms. The van der Waals surface area contributed by atoms with Gasteiger partial charge in [0.1, 0.15) is 0 Å². The number of rotatable bonds is 2. The number of anilines is 1. The van der Waals surface area contributed by atoms with Crippen LogP contribution in [0.15, 0.2) is 30.3 Å². The molecule has 15 heavy (non-hydrogen) atoms. The van der Waals surface area contributed by atoms with E-state index in [9.17, 15) is 9.59 Å². The molecular weight excluding hydrogens is 192 g/mol.